The van der Waals surface area contributed by atoms with Crippen molar-refractivity contribution in [2.45, 2.75) is 6.42 Å². The van der Waals surface area contributed by atoms with Crippen LogP contribution in [0.3, 0.4) is 0 Å². The maximum absolute atomic E-state index is 12.4. The largest absolute Gasteiger partial charge is 0.455 e. The van der Waals surface area contributed by atoms with E-state index in [-0.39, 0.29) is 18.9 Å². The molecule has 0 atom stereocenters. The van der Waals surface area contributed by atoms with Gasteiger partial charge in [0.1, 0.15) is 0 Å². The summed E-state index contributed by atoms with van der Waals surface area (Å²) in [5.41, 5.74) is 3.92. The van der Waals surface area contributed by atoms with Crippen molar-refractivity contribution in [1.82, 2.24) is 4.90 Å². The normalized spacial score (nSPS) is 13.7. The van der Waals surface area contributed by atoms with Gasteiger partial charge in [-0.05, 0) is 29.3 Å². The van der Waals surface area contributed by atoms with Crippen LogP contribution in [0.5, 0.6) is 0 Å². The Balaban J connectivity index is 1.23. The number of anilines is 1. The lowest BCUT2D eigenvalue weighted by atomic mass is 10.0. The monoisotopic (exact) mass is 448 g/mol. The lowest BCUT2D eigenvalue weighted by Crippen LogP contribution is -2.49. The number of amides is 1. The average Bonchev–Trinajstić information content (AvgIpc) is 2.84. The van der Waals surface area contributed by atoms with E-state index in [1.165, 1.54) is 0 Å². The van der Waals surface area contributed by atoms with E-state index < -0.39 is 5.97 Å². The fourth-order valence-corrected chi connectivity index (χ4v) is 4.05. The van der Waals surface area contributed by atoms with Gasteiger partial charge in [-0.1, -0.05) is 72.3 Å². The minimum absolute atomic E-state index is 0.123. The van der Waals surface area contributed by atoms with Crippen LogP contribution in [0.2, 0.25) is 5.02 Å². The highest BCUT2D eigenvalue weighted by molar-refractivity contribution is 6.33. The minimum Gasteiger partial charge on any atom is -0.455 e. The number of hydrogen-bond donors (Lipinski definition) is 0. The molecule has 0 aromatic heterocycles. The number of benzene rings is 3. The van der Waals surface area contributed by atoms with E-state index in [1.54, 1.807) is 4.90 Å². The van der Waals surface area contributed by atoms with Crippen LogP contribution < -0.4 is 4.90 Å². The number of hydrogen-bond acceptors (Lipinski definition) is 4. The van der Waals surface area contributed by atoms with Gasteiger partial charge in [0.2, 0.25) is 0 Å². The Kier molecular flexibility index (Phi) is 7.07. The molecule has 0 unspecified atom stereocenters. The zero-order valence-corrected chi connectivity index (χ0v) is 18.5. The van der Waals surface area contributed by atoms with Gasteiger partial charge in [0.05, 0.1) is 6.42 Å². The summed E-state index contributed by atoms with van der Waals surface area (Å²) >= 11 is 6.24. The molecule has 0 aliphatic carbocycles. The maximum Gasteiger partial charge on any atom is 0.310 e. The SMILES string of the molecule is O=C(Cc1ccc(-c2ccccc2Cl)cc1)OCC(=O)N1CCN(c2ccccc2)CC1. The van der Waals surface area contributed by atoms with Crippen LogP contribution in [0.25, 0.3) is 11.1 Å². The molecule has 6 heteroatoms. The van der Waals surface area contributed by atoms with Gasteiger partial charge in [0.25, 0.3) is 5.91 Å². The van der Waals surface area contributed by atoms with E-state index in [1.807, 2.05) is 66.7 Å². The number of nitrogens with zero attached hydrogens (tertiary/aromatic N) is 2. The van der Waals surface area contributed by atoms with Crippen molar-refractivity contribution in [2.24, 2.45) is 0 Å². The number of ether oxygens (including phenoxy) is 1. The van der Waals surface area contributed by atoms with E-state index in [0.29, 0.717) is 18.1 Å². The highest BCUT2D eigenvalue weighted by Crippen LogP contribution is 2.27. The topological polar surface area (TPSA) is 49.9 Å². The maximum atomic E-state index is 12.4. The Morgan fingerprint density at radius 1 is 0.812 bits per heavy atom. The second-order valence-electron chi connectivity index (χ2n) is 7.72. The first-order valence-electron chi connectivity index (χ1n) is 10.7. The van der Waals surface area contributed by atoms with Gasteiger partial charge < -0.3 is 14.5 Å². The van der Waals surface area contributed by atoms with Crippen molar-refractivity contribution in [2.75, 3.05) is 37.7 Å². The van der Waals surface area contributed by atoms with Crippen LogP contribution in [-0.2, 0) is 20.7 Å². The highest BCUT2D eigenvalue weighted by atomic mass is 35.5. The van der Waals surface area contributed by atoms with Crippen molar-refractivity contribution in [3.05, 3.63) is 89.4 Å². The standard InChI is InChI=1S/C26H25ClN2O3/c27-24-9-5-4-8-23(24)21-12-10-20(11-13-21)18-26(31)32-19-25(30)29-16-14-28(15-17-29)22-6-2-1-3-7-22/h1-13H,14-19H2. The molecule has 1 amide bonds. The van der Waals surface area contributed by atoms with Gasteiger partial charge in [-0.15, -0.1) is 0 Å². The van der Waals surface area contributed by atoms with E-state index >= 15 is 0 Å². The van der Waals surface area contributed by atoms with Crippen LogP contribution in [0.15, 0.2) is 78.9 Å². The fourth-order valence-electron chi connectivity index (χ4n) is 3.80. The molecule has 1 heterocycles. The molecule has 32 heavy (non-hydrogen) atoms. The van der Waals surface area contributed by atoms with E-state index in [0.717, 1.165) is 35.5 Å². The number of esters is 1. The summed E-state index contributed by atoms with van der Waals surface area (Å²) in [5, 5.41) is 0.683. The van der Waals surface area contributed by atoms with Crippen molar-refractivity contribution < 1.29 is 14.3 Å². The number of halogens is 1. The molecule has 0 spiro atoms. The van der Waals surface area contributed by atoms with E-state index in [2.05, 4.69) is 17.0 Å². The molecule has 0 bridgehead atoms. The third-order valence-corrected chi connectivity index (χ3v) is 5.93. The van der Waals surface area contributed by atoms with Crippen molar-refractivity contribution >= 4 is 29.2 Å². The lowest BCUT2D eigenvalue weighted by molar-refractivity contribution is -0.151. The fraction of sp³-hybridized carbons (Fsp3) is 0.231. The number of carbonyl (C=O) groups excluding carboxylic acids is 2. The molecule has 0 radical (unpaired) electrons. The molecule has 164 valence electrons. The predicted molar refractivity (Wildman–Crippen MR) is 127 cm³/mol. The molecular weight excluding hydrogens is 424 g/mol. The van der Waals surface area contributed by atoms with Crippen LogP contribution in [0.1, 0.15) is 5.56 Å². The molecule has 5 nitrogen and oxygen atoms in total. The molecular formula is C26H25ClN2O3. The number of piperazine rings is 1. The van der Waals surface area contributed by atoms with Gasteiger partial charge in [0.15, 0.2) is 6.61 Å². The number of rotatable bonds is 6. The Labute approximate surface area is 193 Å². The summed E-state index contributed by atoms with van der Waals surface area (Å²) < 4.78 is 5.24. The first kappa shape index (κ1) is 21.9. The summed E-state index contributed by atoms with van der Waals surface area (Å²) in [7, 11) is 0. The van der Waals surface area contributed by atoms with Gasteiger partial charge in [-0.3, -0.25) is 9.59 Å². The molecule has 0 saturated carbocycles. The van der Waals surface area contributed by atoms with Gasteiger partial charge in [-0.2, -0.15) is 0 Å². The third kappa shape index (κ3) is 5.48. The van der Waals surface area contributed by atoms with Crippen molar-refractivity contribution in [3.8, 4) is 11.1 Å². The predicted octanol–water partition coefficient (Wildman–Crippen LogP) is 4.44. The molecule has 1 saturated heterocycles. The molecule has 0 N–H and O–H groups in total. The van der Waals surface area contributed by atoms with Gasteiger partial charge in [-0.25, -0.2) is 0 Å². The summed E-state index contributed by atoms with van der Waals surface area (Å²) in [6, 6.07) is 25.4. The van der Waals surface area contributed by atoms with Crippen LogP contribution in [0, 0.1) is 0 Å². The lowest BCUT2D eigenvalue weighted by Gasteiger charge is -2.36. The minimum atomic E-state index is -0.410. The van der Waals surface area contributed by atoms with E-state index in [4.69, 9.17) is 16.3 Å². The summed E-state index contributed by atoms with van der Waals surface area (Å²) in [4.78, 5) is 28.7. The summed E-state index contributed by atoms with van der Waals surface area (Å²) in [6.07, 6.45) is 0.123. The Hall–Kier alpha value is -3.31. The number of para-hydroxylation sites is 1. The molecule has 3 aromatic rings. The highest BCUT2D eigenvalue weighted by Gasteiger charge is 2.22. The smallest absolute Gasteiger partial charge is 0.310 e. The van der Waals surface area contributed by atoms with Crippen LogP contribution in [0.4, 0.5) is 5.69 Å². The summed E-state index contributed by atoms with van der Waals surface area (Å²) in [5.74, 6) is -0.563. The Morgan fingerprint density at radius 3 is 2.16 bits per heavy atom. The molecule has 3 aromatic carbocycles. The Bertz CT molecular complexity index is 1060. The second kappa shape index (κ2) is 10.3. The molecule has 1 aliphatic rings. The van der Waals surface area contributed by atoms with E-state index in [9.17, 15) is 9.59 Å². The van der Waals surface area contributed by atoms with Crippen LogP contribution in [-0.4, -0.2) is 49.6 Å². The molecule has 1 fully saturated rings. The Morgan fingerprint density at radius 2 is 1.47 bits per heavy atom. The van der Waals surface area contributed by atoms with Crippen LogP contribution >= 0.6 is 11.6 Å². The number of carbonyl (C=O) groups is 2. The molecule has 4 rings (SSSR count). The summed E-state index contributed by atoms with van der Waals surface area (Å²) in [6.45, 7) is 2.55. The third-order valence-electron chi connectivity index (χ3n) is 5.60. The van der Waals surface area contributed by atoms with Gasteiger partial charge >= 0.3 is 5.97 Å². The van der Waals surface area contributed by atoms with Crippen molar-refractivity contribution in [1.29, 1.82) is 0 Å². The quantitative estimate of drug-likeness (QED) is 0.523. The molecule has 1 aliphatic heterocycles. The average molecular weight is 449 g/mol. The van der Waals surface area contributed by atoms with Crippen molar-refractivity contribution in [3.63, 3.8) is 0 Å². The first-order valence-corrected chi connectivity index (χ1v) is 11.1. The van der Waals surface area contributed by atoms with Gasteiger partial charge in [0, 0.05) is 42.5 Å². The second-order valence-corrected chi connectivity index (χ2v) is 8.12. The zero-order valence-electron chi connectivity index (χ0n) is 17.7. The first-order chi connectivity index (χ1) is 15.6. The zero-order chi connectivity index (χ0) is 22.3.